The molecule has 110 valence electrons. The van der Waals surface area contributed by atoms with Gasteiger partial charge in [-0.15, -0.1) is 0 Å². The summed E-state index contributed by atoms with van der Waals surface area (Å²) in [7, 11) is 0. The lowest BCUT2D eigenvalue weighted by molar-refractivity contribution is 0.0939. The number of anilines is 1. The first-order valence-corrected chi connectivity index (χ1v) is 6.96. The van der Waals surface area contributed by atoms with Gasteiger partial charge in [-0.3, -0.25) is 9.78 Å². The molecule has 1 amide bonds. The van der Waals surface area contributed by atoms with E-state index in [0.29, 0.717) is 11.4 Å². The number of hydrogen-bond acceptors (Lipinski definition) is 4. The Balaban J connectivity index is 2.17. The van der Waals surface area contributed by atoms with Gasteiger partial charge in [0.15, 0.2) is 0 Å². The van der Waals surface area contributed by atoms with Crippen molar-refractivity contribution in [2.45, 2.75) is 32.7 Å². The van der Waals surface area contributed by atoms with Crippen molar-refractivity contribution in [2.24, 2.45) is 0 Å². The van der Waals surface area contributed by atoms with Crippen LogP contribution < -0.4 is 11.1 Å². The molecular weight excluding hydrogens is 264 g/mol. The Hall–Kier alpha value is -2.43. The third-order valence-corrected chi connectivity index (χ3v) is 3.20. The molecule has 1 atom stereocenters. The maximum atomic E-state index is 12.3. The van der Waals surface area contributed by atoms with E-state index in [2.05, 4.69) is 15.3 Å². The zero-order valence-corrected chi connectivity index (χ0v) is 12.5. The molecule has 0 aliphatic rings. The van der Waals surface area contributed by atoms with Crippen molar-refractivity contribution >= 4 is 11.7 Å². The van der Waals surface area contributed by atoms with Gasteiger partial charge in [-0.05, 0) is 37.1 Å². The van der Waals surface area contributed by atoms with Crippen molar-refractivity contribution in [3.63, 3.8) is 0 Å². The Labute approximate surface area is 124 Å². The molecule has 21 heavy (non-hydrogen) atoms. The maximum absolute atomic E-state index is 12.3. The molecule has 5 heteroatoms. The second-order valence-corrected chi connectivity index (χ2v) is 5.31. The predicted molar refractivity (Wildman–Crippen MR) is 82.9 cm³/mol. The van der Waals surface area contributed by atoms with Crippen molar-refractivity contribution in [3.8, 4) is 0 Å². The number of hydrogen-bond donors (Lipinski definition) is 2. The number of nitrogen functional groups attached to an aromatic ring is 1. The van der Waals surface area contributed by atoms with Gasteiger partial charge in [0.25, 0.3) is 5.91 Å². The van der Waals surface area contributed by atoms with Crippen LogP contribution in [-0.2, 0) is 0 Å². The molecule has 5 nitrogen and oxygen atoms in total. The fourth-order valence-electron chi connectivity index (χ4n) is 1.99. The number of amides is 1. The van der Waals surface area contributed by atoms with Gasteiger partial charge in [-0.2, -0.15) is 0 Å². The van der Waals surface area contributed by atoms with E-state index in [0.717, 1.165) is 11.4 Å². The minimum atomic E-state index is -0.177. The van der Waals surface area contributed by atoms with Crippen LogP contribution in [0, 0.1) is 0 Å². The number of rotatable bonds is 4. The van der Waals surface area contributed by atoms with Crippen molar-refractivity contribution < 1.29 is 4.79 Å². The summed E-state index contributed by atoms with van der Waals surface area (Å²) in [6.45, 7) is 5.92. The number of nitrogens with zero attached hydrogens (tertiary/aromatic N) is 2. The molecule has 0 fully saturated rings. The smallest absolute Gasteiger partial charge is 0.252 e. The fourth-order valence-corrected chi connectivity index (χ4v) is 1.99. The first-order valence-electron chi connectivity index (χ1n) is 6.96. The fraction of sp³-hybridized carbons (Fsp3) is 0.312. The molecule has 2 aromatic rings. The van der Waals surface area contributed by atoms with Crippen molar-refractivity contribution in [3.05, 3.63) is 53.5 Å². The Bertz CT molecular complexity index is 625. The molecule has 2 heterocycles. The van der Waals surface area contributed by atoms with E-state index in [4.69, 9.17) is 5.73 Å². The molecular formula is C16H20N4O. The van der Waals surface area contributed by atoms with Crippen LogP contribution in [0.3, 0.4) is 0 Å². The molecule has 2 rings (SSSR count). The van der Waals surface area contributed by atoms with Crippen LogP contribution in [0.25, 0.3) is 0 Å². The highest BCUT2D eigenvalue weighted by atomic mass is 16.1. The zero-order chi connectivity index (χ0) is 15.4. The van der Waals surface area contributed by atoms with Crippen molar-refractivity contribution in [2.75, 3.05) is 5.73 Å². The first-order chi connectivity index (χ1) is 9.97. The molecule has 0 saturated carbocycles. The highest BCUT2D eigenvalue weighted by Gasteiger charge is 2.14. The van der Waals surface area contributed by atoms with Crippen LogP contribution in [0.5, 0.6) is 0 Å². The molecule has 0 aliphatic carbocycles. The SMILES string of the molecule is CC(C)c1cc(C(=O)NC(C)c2ccccn2)cc(N)n1. The predicted octanol–water partition coefficient (Wildman–Crippen LogP) is 2.67. The largest absolute Gasteiger partial charge is 0.384 e. The number of carbonyl (C=O) groups is 1. The lowest BCUT2D eigenvalue weighted by Gasteiger charge is -2.14. The van der Waals surface area contributed by atoms with Gasteiger partial charge in [-0.1, -0.05) is 19.9 Å². The van der Waals surface area contributed by atoms with Gasteiger partial charge in [-0.25, -0.2) is 4.98 Å². The van der Waals surface area contributed by atoms with Crippen molar-refractivity contribution in [1.82, 2.24) is 15.3 Å². The van der Waals surface area contributed by atoms with E-state index in [9.17, 15) is 4.79 Å². The third kappa shape index (κ3) is 3.78. The molecule has 0 bridgehead atoms. The Morgan fingerprint density at radius 1 is 1.19 bits per heavy atom. The molecule has 0 radical (unpaired) electrons. The van der Waals surface area contributed by atoms with Crippen LogP contribution in [-0.4, -0.2) is 15.9 Å². The van der Waals surface area contributed by atoms with E-state index in [1.54, 1.807) is 18.3 Å². The van der Waals surface area contributed by atoms with Gasteiger partial charge >= 0.3 is 0 Å². The number of nitrogens with one attached hydrogen (secondary N) is 1. The van der Waals surface area contributed by atoms with Gasteiger partial charge < -0.3 is 11.1 Å². The quantitative estimate of drug-likeness (QED) is 0.904. The molecule has 0 aliphatic heterocycles. The molecule has 0 saturated heterocycles. The third-order valence-electron chi connectivity index (χ3n) is 3.20. The Kier molecular flexibility index (Phi) is 4.52. The highest BCUT2D eigenvalue weighted by molar-refractivity contribution is 5.95. The Morgan fingerprint density at radius 2 is 1.95 bits per heavy atom. The van der Waals surface area contributed by atoms with Gasteiger partial charge in [0.1, 0.15) is 5.82 Å². The van der Waals surface area contributed by atoms with Gasteiger partial charge in [0.05, 0.1) is 11.7 Å². The molecule has 0 aromatic carbocycles. The average Bonchev–Trinajstić information content (AvgIpc) is 2.47. The molecule has 2 aromatic heterocycles. The lowest BCUT2D eigenvalue weighted by atomic mass is 10.1. The number of carbonyl (C=O) groups excluding carboxylic acids is 1. The van der Waals surface area contributed by atoms with E-state index < -0.39 is 0 Å². The highest BCUT2D eigenvalue weighted by Crippen LogP contribution is 2.17. The van der Waals surface area contributed by atoms with Crippen LogP contribution in [0.2, 0.25) is 0 Å². The summed E-state index contributed by atoms with van der Waals surface area (Å²) in [6, 6.07) is 8.82. The second-order valence-electron chi connectivity index (χ2n) is 5.31. The number of nitrogens with two attached hydrogens (primary N) is 1. The van der Waals surface area contributed by atoms with E-state index in [1.807, 2.05) is 39.0 Å². The van der Waals surface area contributed by atoms with Gasteiger partial charge in [0, 0.05) is 17.5 Å². The summed E-state index contributed by atoms with van der Waals surface area (Å²) < 4.78 is 0. The van der Waals surface area contributed by atoms with E-state index in [-0.39, 0.29) is 17.9 Å². The Morgan fingerprint density at radius 3 is 2.57 bits per heavy atom. The standard InChI is InChI=1S/C16H20N4O/c1-10(2)14-8-12(9-15(17)20-14)16(21)19-11(3)13-6-4-5-7-18-13/h4-11H,1-3H3,(H2,17,20)(H,19,21). The van der Waals surface area contributed by atoms with Crippen LogP contribution in [0.4, 0.5) is 5.82 Å². The number of pyridine rings is 2. The molecule has 0 spiro atoms. The summed E-state index contributed by atoms with van der Waals surface area (Å²) in [5.74, 6) is 0.397. The van der Waals surface area contributed by atoms with E-state index in [1.165, 1.54) is 0 Å². The summed E-state index contributed by atoms with van der Waals surface area (Å²) in [4.78, 5) is 20.8. The summed E-state index contributed by atoms with van der Waals surface area (Å²) in [5, 5.41) is 2.92. The summed E-state index contributed by atoms with van der Waals surface area (Å²) in [5.41, 5.74) is 7.92. The minimum absolute atomic E-state index is 0.171. The monoisotopic (exact) mass is 284 g/mol. The van der Waals surface area contributed by atoms with Crippen LogP contribution in [0.15, 0.2) is 36.5 Å². The topological polar surface area (TPSA) is 80.9 Å². The maximum Gasteiger partial charge on any atom is 0.252 e. The molecule has 1 unspecified atom stereocenters. The first kappa shape index (κ1) is 15.0. The second kappa shape index (κ2) is 6.35. The average molecular weight is 284 g/mol. The van der Waals surface area contributed by atoms with E-state index >= 15 is 0 Å². The summed E-state index contributed by atoms with van der Waals surface area (Å²) in [6.07, 6.45) is 1.71. The number of aromatic nitrogens is 2. The summed E-state index contributed by atoms with van der Waals surface area (Å²) >= 11 is 0. The normalized spacial score (nSPS) is 12.2. The minimum Gasteiger partial charge on any atom is -0.384 e. The zero-order valence-electron chi connectivity index (χ0n) is 12.5. The van der Waals surface area contributed by atoms with Crippen molar-refractivity contribution in [1.29, 1.82) is 0 Å². The van der Waals surface area contributed by atoms with Gasteiger partial charge in [0.2, 0.25) is 0 Å². The molecule has 3 N–H and O–H groups in total. The lowest BCUT2D eigenvalue weighted by Crippen LogP contribution is -2.27. The van der Waals surface area contributed by atoms with Crippen LogP contribution >= 0.6 is 0 Å². The van der Waals surface area contributed by atoms with Crippen LogP contribution in [0.1, 0.15) is 54.5 Å².